The predicted molar refractivity (Wildman–Crippen MR) is 65.0 cm³/mol. The van der Waals surface area contributed by atoms with Gasteiger partial charge in [-0.3, -0.25) is 4.90 Å². The number of carbonyl (C=O) groups is 1. The van der Waals surface area contributed by atoms with Gasteiger partial charge in [0, 0.05) is 12.1 Å². The molecule has 1 aliphatic heterocycles. The number of carboxylic acid groups (broad SMARTS) is 1. The molecular formula is C13H16N2O2. The fourth-order valence-electron chi connectivity index (χ4n) is 3.35. The second kappa shape index (κ2) is 3.74. The molecule has 3 N–H and O–H groups in total. The van der Waals surface area contributed by atoms with Gasteiger partial charge in [-0.15, -0.1) is 0 Å². The summed E-state index contributed by atoms with van der Waals surface area (Å²) in [6.07, 6.45) is 2.17. The number of benzene rings is 1. The highest BCUT2D eigenvalue weighted by molar-refractivity contribution is 5.89. The number of hydrogen-bond acceptors (Lipinski definition) is 2. The molecule has 90 valence electrons. The summed E-state index contributed by atoms with van der Waals surface area (Å²) >= 11 is 0. The summed E-state index contributed by atoms with van der Waals surface area (Å²) in [5, 5.41) is 9.40. The third-order valence-electron chi connectivity index (χ3n) is 4.09. The van der Waals surface area contributed by atoms with Gasteiger partial charge in [0.25, 0.3) is 0 Å². The summed E-state index contributed by atoms with van der Waals surface area (Å²) in [5.74, 6) is 0.279. The van der Waals surface area contributed by atoms with Crippen molar-refractivity contribution < 1.29 is 9.90 Å². The van der Waals surface area contributed by atoms with E-state index in [-0.39, 0.29) is 18.0 Å². The summed E-state index contributed by atoms with van der Waals surface area (Å²) in [5.41, 5.74) is 8.02. The number of fused-ring (bicyclic) bond motifs is 2. The molecular weight excluding hydrogens is 216 g/mol. The smallest absolute Gasteiger partial charge is 0.412 e. The standard InChI is InChI=1S/C13H16N2O2/c14-12-8-4-1-2-6-10(8)15(13(16)17)11-7-3-5-9(11)12/h1-2,4,6,9,11-12H,3,5,7,14H2,(H,16,17). The van der Waals surface area contributed by atoms with Crippen LogP contribution < -0.4 is 10.6 Å². The lowest BCUT2D eigenvalue weighted by Crippen LogP contribution is -2.49. The molecule has 4 nitrogen and oxygen atoms in total. The van der Waals surface area contributed by atoms with Crippen molar-refractivity contribution in [3.63, 3.8) is 0 Å². The second-order valence-corrected chi connectivity index (χ2v) is 4.90. The normalized spacial score (nSPS) is 30.9. The molecule has 1 aromatic carbocycles. The van der Waals surface area contributed by atoms with Gasteiger partial charge in [-0.05, 0) is 30.4 Å². The lowest BCUT2D eigenvalue weighted by molar-refractivity contribution is 0.194. The van der Waals surface area contributed by atoms with Crippen LogP contribution in [0.25, 0.3) is 0 Å². The minimum Gasteiger partial charge on any atom is -0.465 e. The van der Waals surface area contributed by atoms with Crippen LogP contribution in [0.3, 0.4) is 0 Å². The van der Waals surface area contributed by atoms with Crippen LogP contribution in [0.5, 0.6) is 0 Å². The van der Waals surface area contributed by atoms with E-state index in [2.05, 4.69) is 0 Å². The first-order valence-electron chi connectivity index (χ1n) is 6.07. The van der Waals surface area contributed by atoms with Crippen molar-refractivity contribution in [1.82, 2.24) is 0 Å². The van der Waals surface area contributed by atoms with Gasteiger partial charge in [0.1, 0.15) is 0 Å². The van der Waals surface area contributed by atoms with Gasteiger partial charge >= 0.3 is 6.09 Å². The topological polar surface area (TPSA) is 66.6 Å². The predicted octanol–water partition coefficient (Wildman–Crippen LogP) is 2.35. The first-order chi connectivity index (χ1) is 8.20. The molecule has 4 heteroatoms. The molecule has 2 aliphatic rings. The fourth-order valence-corrected chi connectivity index (χ4v) is 3.35. The zero-order valence-electron chi connectivity index (χ0n) is 9.54. The number of rotatable bonds is 0. The van der Waals surface area contributed by atoms with Crippen molar-refractivity contribution in [2.24, 2.45) is 11.7 Å². The lowest BCUT2D eigenvalue weighted by Gasteiger charge is -2.40. The average Bonchev–Trinajstić information content (AvgIpc) is 2.78. The number of hydrogen-bond donors (Lipinski definition) is 2. The van der Waals surface area contributed by atoms with Crippen LogP contribution in [0, 0.1) is 5.92 Å². The number of amides is 1. The van der Waals surface area contributed by atoms with Crippen LogP contribution in [0.4, 0.5) is 10.5 Å². The van der Waals surface area contributed by atoms with Crippen LogP contribution in [0.15, 0.2) is 24.3 Å². The summed E-state index contributed by atoms with van der Waals surface area (Å²) in [6.45, 7) is 0. The number of para-hydroxylation sites is 1. The Morgan fingerprint density at radius 1 is 1.35 bits per heavy atom. The van der Waals surface area contributed by atoms with Gasteiger partial charge in [0.2, 0.25) is 0 Å². The van der Waals surface area contributed by atoms with Gasteiger partial charge in [-0.25, -0.2) is 4.79 Å². The van der Waals surface area contributed by atoms with Crippen molar-refractivity contribution in [3.05, 3.63) is 29.8 Å². The summed E-state index contributed by atoms with van der Waals surface area (Å²) in [6, 6.07) is 7.65. The minimum absolute atomic E-state index is 0.0192. The van der Waals surface area contributed by atoms with E-state index in [1.165, 1.54) is 4.90 Å². The van der Waals surface area contributed by atoms with Gasteiger partial charge < -0.3 is 10.8 Å². The van der Waals surface area contributed by atoms with Gasteiger partial charge in [-0.2, -0.15) is 0 Å². The summed E-state index contributed by atoms with van der Waals surface area (Å²) < 4.78 is 0. The molecule has 3 rings (SSSR count). The van der Waals surface area contributed by atoms with E-state index in [1.54, 1.807) is 0 Å². The quantitative estimate of drug-likeness (QED) is 0.721. The largest absolute Gasteiger partial charge is 0.465 e. The molecule has 0 saturated heterocycles. The maximum Gasteiger partial charge on any atom is 0.412 e. The van der Waals surface area contributed by atoms with E-state index in [0.29, 0.717) is 0 Å². The Balaban J connectivity index is 2.14. The average molecular weight is 232 g/mol. The van der Waals surface area contributed by atoms with Crippen LogP contribution in [-0.4, -0.2) is 17.2 Å². The Kier molecular flexibility index (Phi) is 2.33. The van der Waals surface area contributed by atoms with E-state index < -0.39 is 6.09 Å². The third-order valence-corrected chi connectivity index (χ3v) is 4.09. The Morgan fingerprint density at radius 3 is 2.88 bits per heavy atom. The molecule has 1 aromatic rings. The SMILES string of the molecule is NC1c2ccccc2N(C(=O)O)C2CCCC12. The zero-order valence-corrected chi connectivity index (χ0v) is 9.54. The Bertz CT molecular complexity index is 460. The Labute approximate surface area is 100 Å². The fraction of sp³-hybridized carbons (Fsp3) is 0.462. The van der Waals surface area contributed by atoms with Crippen LogP contribution >= 0.6 is 0 Å². The highest BCUT2D eigenvalue weighted by Gasteiger charge is 2.44. The van der Waals surface area contributed by atoms with E-state index >= 15 is 0 Å². The molecule has 1 heterocycles. The van der Waals surface area contributed by atoms with Gasteiger partial charge in [0.05, 0.1) is 5.69 Å². The van der Waals surface area contributed by atoms with E-state index in [9.17, 15) is 9.90 Å². The Morgan fingerprint density at radius 2 is 2.12 bits per heavy atom. The molecule has 0 aromatic heterocycles. The van der Waals surface area contributed by atoms with E-state index in [4.69, 9.17) is 5.73 Å². The minimum atomic E-state index is -0.860. The highest BCUT2D eigenvalue weighted by Crippen LogP contribution is 2.46. The third kappa shape index (κ3) is 1.44. The summed E-state index contributed by atoms with van der Waals surface area (Å²) in [4.78, 5) is 13.0. The van der Waals surface area contributed by atoms with Crippen molar-refractivity contribution in [1.29, 1.82) is 0 Å². The molecule has 0 spiro atoms. The number of nitrogens with two attached hydrogens (primary N) is 1. The Hall–Kier alpha value is -1.55. The maximum atomic E-state index is 11.5. The molecule has 0 bridgehead atoms. The molecule has 1 fully saturated rings. The van der Waals surface area contributed by atoms with Crippen LogP contribution in [-0.2, 0) is 0 Å². The van der Waals surface area contributed by atoms with E-state index in [0.717, 1.165) is 30.5 Å². The van der Waals surface area contributed by atoms with Crippen LogP contribution in [0.1, 0.15) is 30.9 Å². The zero-order chi connectivity index (χ0) is 12.0. The highest BCUT2D eigenvalue weighted by atomic mass is 16.4. The van der Waals surface area contributed by atoms with Crippen molar-refractivity contribution in [3.8, 4) is 0 Å². The van der Waals surface area contributed by atoms with Crippen molar-refractivity contribution >= 4 is 11.8 Å². The lowest BCUT2D eigenvalue weighted by atomic mass is 9.83. The molecule has 17 heavy (non-hydrogen) atoms. The molecule has 1 amide bonds. The van der Waals surface area contributed by atoms with Gasteiger partial charge in [0.15, 0.2) is 0 Å². The second-order valence-electron chi connectivity index (χ2n) is 4.90. The molecule has 3 atom stereocenters. The van der Waals surface area contributed by atoms with Crippen molar-refractivity contribution in [2.75, 3.05) is 4.90 Å². The molecule has 3 unspecified atom stereocenters. The van der Waals surface area contributed by atoms with Crippen molar-refractivity contribution in [2.45, 2.75) is 31.3 Å². The molecule has 1 saturated carbocycles. The summed E-state index contributed by atoms with van der Waals surface area (Å²) in [7, 11) is 0. The first kappa shape index (κ1) is 10.6. The van der Waals surface area contributed by atoms with E-state index in [1.807, 2.05) is 24.3 Å². The maximum absolute atomic E-state index is 11.5. The van der Waals surface area contributed by atoms with Gasteiger partial charge in [-0.1, -0.05) is 24.6 Å². The number of nitrogens with zero attached hydrogens (tertiary/aromatic N) is 1. The molecule has 1 aliphatic carbocycles. The first-order valence-corrected chi connectivity index (χ1v) is 6.07. The number of anilines is 1. The monoisotopic (exact) mass is 232 g/mol. The molecule has 0 radical (unpaired) electrons. The van der Waals surface area contributed by atoms with Crippen LogP contribution in [0.2, 0.25) is 0 Å².